The van der Waals surface area contributed by atoms with Crippen LogP contribution in [-0.4, -0.2) is 15.3 Å². The van der Waals surface area contributed by atoms with E-state index in [9.17, 15) is 4.79 Å². The van der Waals surface area contributed by atoms with Gasteiger partial charge >= 0.3 is 0 Å². The van der Waals surface area contributed by atoms with E-state index in [1.807, 2.05) is 67.0 Å². The summed E-state index contributed by atoms with van der Waals surface area (Å²) in [6.07, 6.45) is 4.16. The van der Waals surface area contributed by atoms with Gasteiger partial charge in [0.2, 0.25) is 5.91 Å². The van der Waals surface area contributed by atoms with Crippen molar-refractivity contribution in [1.29, 1.82) is 0 Å². The van der Waals surface area contributed by atoms with Crippen LogP contribution in [0.25, 0.3) is 5.65 Å². The minimum atomic E-state index is -0.0132. The molecule has 0 fully saturated rings. The zero-order valence-corrected chi connectivity index (χ0v) is 12.8. The molecule has 0 spiro atoms. The summed E-state index contributed by atoms with van der Waals surface area (Å²) >= 11 is 0. The highest BCUT2D eigenvalue weighted by Gasteiger charge is 2.07. The highest BCUT2D eigenvalue weighted by atomic mass is 16.1. The summed E-state index contributed by atoms with van der Waals surface area (Å²) in [4.78, 5) is 16.5. The maximum atomic E-state index is 12.0. The van der Waals surface area contributed by atoms with Crippen molar-refractivity contribution in [1.82, 2.24) is 14.7 Å². The van der Waals surface area contributed by atoms with E-state index in [4.69, 9.17) is 0 Å². The van der Waals surface area contributed by atoms with Gasteiger partial charge in [-0.3, -0.25) is 4.79 Å². The topological polar surface area (TPSA) is 46.4 Å². The maximum Gasteiger partial charge on any atom is 0.226 e. The molecule has 1 amide bonds. The summed E-state index contributed by atoms with van der Waals surface area (Å²) in [6.45, 7) is 4.63. The fraction of sp³-hybridized carbons (Fsp3) is 0.222. The van der Waals surface area contributed by atoms with Gasteiger partial charge in [0.25, 0.3) is 0 Å². The van der Waals surface area contributed by atoms with Crippen LogP contribution in [0.5, 0.6) is 0 Å². The van der Waals surface area contributed by atoms with Crippen molar-refractivity contribution in [3.05, 3.63) is 71.2 Å². The number of nitrogens with one attached hydrogen (secondary N) is 1. The maximum absolute atomic E-state index is 12.0. The van der Waals surface area contributed by atoms with Crippen LogP contribution in [-0.2, 0) is 17.8 Å². The van der Waals surface area contributed by atoms with Crippen molar-refractivity contribution < 1.29 is 4.79 Å². The van der Waals surface area contributed by atoms with Crippen molar-refractivity contribution >= 4 is 11.6 Å². The third-order valence-electron chi connectivity index (χ3n) is 3.62. The number of hydrogen-bond acceptors (Lipinski definition) is 2. The SMILES string of the molecule is Cc1ccc(CNC(=O)Cc2cn3ccc(C)cc3n2)cc1. The van der Waals surface area contributed by atoms with Gasteiger partial charge in [-0.05, 0) is 37.1 Å². The number of aryl methyl sites for hydroxylation is 2. The summed E-state index contributed by atoms with van der Waals surface area (Å²) in [7, 11) is 0. The van der Waals surface area contributed by atoms with Gasteiger partial charge in [-0.1, -0.05) is 29.8 Å². The molecule has 112 valence electrons. The van der Waals surface area contributed by atoms with E-state index in [2.05, 4.69) is 10.3 Å². The Morgan fingerprint density at radius 2 is 1.91 bits per heavy atom. The fourth-order valence-corrected chi connectivity index (χ4v) is 2.35. The average molecular weight is 293 g/mol. The summed E-state index contributed by atoms with van der Waals surface area (Å²) < 4.78 is 1.94. The lowest BCUT2D eigenvalue weighted by atomic mass is 10.1. The number of benzene rings is 1. The largest absolute Gasteiger partial charge is 0.352 e. The van der Waals surface area contributed by atoms with E-state index >= 15 is 0 Å². The van der Waals surface area contributed by atoms with Gasteiger partial charge in [-0.2, -0.15) is 0 Å². The van der Waals surface area contributed by atoms with Crippen LogP contribution in [0.4, 0.5) is 0 Å². The minimum Gasteiger partial charge on any atom is -0.352 e. The molecule has 2 aromatic heterocycles. The second-order valence-corrected chi connectivity index (χ2v) is 5.64. The van der Waals surface area contributed by atoms with Crippen LogP contribution in [0.1, 0.15) is 22.4 Å². The summed E-state index contributed by atoms with van der Waals surface area (Å²) in [5.41, 5.74) is 5.14. The van der Waals surface area contributed by atoms with Crippen LogP contribution in [0.2, 0.25) is 0 Å². The molecule has 0 aliphatic heterocycles. The Bertz CT molecular complexity index is 803. The standard InChI is InChI=1S/C18H19N3O/c1-13-3-5-15(6-4-13)11-19-18(22)10-16-12-21-8-7-14(2)9-17(21)20-16/h3-9,12H,10-11H2,1-2H3,(H,19,22). The number of aromatic nitrogens is 2. The lowest BCUT2D eigenvalue weighted by molar-refractivity contribution is -0.120. The van der Waals surface area contributed by atoms with E-state index in [1.165, 1.54) is 5.56 Å². The Morgan fingerprint density at radius 3 is 2.68 bits per heavy atom. The molecular formula is C18H19N3O. The molecule has 0 unspecified atom stereocenters. The molecule has 4 heteroatoms. The molecule has 0 saturated carbocycles. The third-order valence-corrected chi connectivity index (χ3v) is 3.62. The molecule has 3 rings (SSSR count). The van der Waals surface area contributed by atoms with Crippen molar-refractivity contribution in [2.75, 3.05) is 0 Å². The zero-order chi connectivity index (χ0) is 15.5. The van der Waals surface area contributed by atoms with Gasteiger partial charge in [0.1, 0.15) is 5.65 Å². The summed E-state index contributed by atoms with van der Waals surface area (Å²) in [5.74, 6) is -0.0132. The van der Waals surface area contributed by atoms with Gasteiger partial charge in [-0.25, -0.2) is 4.98 Å². The van der Waals surface area contributed by atoms with E-state index in [1.54, 1.807) is 0 Å². The van der Waals surface area contributed by atoms with Crippen LogP contribution < -0.4 is 5.32 Å². The fourth-order valence-electron chi connectivity index (χ4n) is 2.35. The Morgan fingerprint density at radius 1 is 1.14 bits per heavy atom. The van der Waals surface area contributed by atoms with Gasteiger partial charge in [-0.15, -0.1) is 0 Å². The number of nitrogens with zero attached hydrogens (tertiary/aromatic N) is 2. The number of fused-ring (bicyclic) bond motifs is 1. The monoisotopic (exact) mass is 293 g/mol. The average Bonchev–Trinajstić information content (AvgIpc) is 2.88. The lowest BCUT2D eigenvalue weighted by Crippen LogP contribution is -2.24. The molecule has 0 aliphatic carbocycles. The third kappa shape index (κ3) is 3.34. The molecule has 0 bridgehead atoms. The van der Waals surface area contributed by atoms with E-state index in [0.29, 0.717) is 13.0 Å². The number of amides is 1. The number of pyridine rings is 1. The molecular weight excluding hydrogens is 274 g/mol. The minimum absolute atomic E-state index is 0.0132. The Labute approximate surface area is 129 Å². The normalized spacial score (nSPS) is 10.8. The zero-order valence-electron chi connectivity index (χ0n) is 12.8. The lowest BCUT2D eigenvalue weighted by Gasteiger charge is -2.04. The Hall–Kier alpha value is -2.62. The number of carbonyl (C=O) groups is 1. The number of rotatable bonds is 4. The predicted molar refractivity (Wildman–Crippen MR) is 86.7 cm³/mol. The van der Waals surface area contributed by atoms with Gasteiger partial charge in [0.15, 0.2) is 0 Å². The van der Waals surface area contributed by atoms with Gasteiger partial charge < -0.3 is 9.72 Å². The number of imidazole rings is 1. The highest BCUT2D eigenvalue weighted by Crippen LogP contribution is 2.08. The van der Waals surface area contributed by atoms with Crippen molar-refractivity contribution in [3.8, 4) is 0 Å². The van der Waals surface area contributed by atoms with Gasteiger partial charge in [0, 0.05) is 18.9 Å². The first kappa shape index (κ1) is 14.3. The first-order chi connectivity index (χ1) is 10.6. The van der Waals surface area contributed by atoms with E-state index in [-0.39, 0.29) is 5.91 Å². The second-order valence-electron chi connectivity index (χ2n) is 5.64. The quantitative estimate of drug-likeness (QED) is 0.804. The van der Waals surface area contributed by atoms with Crippen LogP contribution in [0.3, 0.4) is 0 Å². The second kappa shape index (κ2) is 6.02. The molecule has 0 radical (unpaired) electrons. The molecule has 1 aromatic carbocycles. The molecule has 1 N–H and O–H groups in total. The van der Waals surface area contributed by atoms with E-state index in [0.717, 1.165) is 22.5 Å². The van der Waals surface area contributed by atoms with Crippen LogP contribution >= 0.6 is 0 Å². The molecule has 0 atom stereocenters. The number of hydrogen-bond donors (Lipinski definition) is 1. The van der Waals surface area contributed by atoms with Crippen molar-refractivity contribution in [2.45, 2.75) is 26.8 Å². The number of carbonyl (C=O) groups excluding carboxylic acids is 1. The smallest absolute Gasteiger partial charge is 0.226 e. The van der Waals surface area contributed by atoms with Crippen molar-refractivity contribution in [2.24, 2.45) is 0 Å². The molecule has 3 aromatic rings. The Balaban J connectivity index is 1.61. The van der Waals surface area contributed by atoms with Crippen LogP contribution in [0.15, 0.2) is 48.8 Å². The first-order valence-electron chi connectivity index (χ1n) is 7.36. The predicted octanol–water partition coefficient (Wildman–Crippen LogP) is 2.81. The molecule has 0 aliphatic rings. The van der Waals surface area contributed by atoms with Crippen molar-refractivity contribution in [3.63, 3.8) is 0 Å². The molecule has 22 heavy (non-hydrogen) atoms. The molecule has 0 saturated heterocycles. The first-order valence-corrected chi connectivity index (χ1v) is 7.36. The summed E-state index contributed by atoms with van der Waals surface area (Å²) in [6, 6.07) is 12.2. The Kier molecular flexibility index (Phi) is 3.92. The van der Waals surface area contributed by atoms with Gasteiger partial charge in [0.05, 0.1) is 12.1 Å². The molecule has 4 nitrogen and oxygen atoms in total. The van der Waals surface area contributed by atoms with E-state index < -0.39 is 0 Å². The summed E-state index contributed by atoms with van der Waals surface area (Å²) in [5, 5.41) is 2.93. The van der Waals surface area contributed by atoms with Crippen LogP contribution in [0, 0.1) is 13.8 Å². The highest BCUT2D eigenvalue weighted by molar-refractivity contribution is 5.78. The molecule has 2 heterocycles.